The number of rotatable bonds is 6. The van der Waals surface area contributed by atoms with E-state index in [-0.39, 0.29) is 12.5 Å². The summed E-state index contributed by atoms with van der Waals surface area (Å²) in [5, 5.41) is 2.87. The lowest BCUT2D eigenvalue weighted by atomic mass is 10.0. The first-order chi connectivity index (χ1) is 13.0. The highest BCUT2D eigenvalue weighted by Crippen LogP contribution is 2.22. The molecule has 0 saturated carbocycles. The fraction of sp³-hybridized carbons (Fsp3) is 0.476. The molecule has 1 aliphatic heterocycles. The van der Waals surface area contributed by atoms with Gasteiger partial charge in [0.25, 0.3) is 5.91 Å². The molecule has 1 unspecified atom stereocenters. The second-order valence-corrected chi connectivity index (χ2v) is 7.23. The van der Waals surface area contributed by atoms with Crippen molar-refractivity contribution in [2.24, 2.45) is 5.92 Å². The van der Waals surface area contributed by atoms with Crippen molar-refractivity contribution in [2.45, 2.75) is 40.0 Å². The molecule has 1 N–H and O–H groups in total. The first-order valence-corrected chi connectivity index (χ1v) is 9.65. The highest BCUT2D eigenvalue weighted by atomic mass is 16.5. The van der Waals surface area contributed by atoms with E-state index in [0.29, 0.717) is 17.7 Å². The average Bonchev–Trinajstić information content (AvgIpc) is 2.66. The van der Waals surface area contributed by atoms with E-state index in [2.05, 4.69) is 34.0 Å². The predicted molar refractivity (Wildman–Crippen MR) is 107 cm³/mol. The summed E-state index contributed by atoms with van der Waals surface area (Å²) in [6.45, 7) is 8.09. The van der Waals surface area contributed by atoms with Gasteiger partial charge < -0.3 is 15.0 Å². The lowest BCUT2D eigenvalue weighted by Gasteiger charge is -2.31. The van der Waals surface area contributed by atoms with Crippen LogP contribution in [-0.4, -0.2) is 35.6 Å². The Morgan fingerprint density at radius 1 is 1.33 bits per heavy atom. The van der Waals surface area contributed by atoms with Crippen LogP contribution in [0.5, 0.6) is 5.88 Å². The third-order valence-corrected chi connectivity index (χ3v) is 4.73. The molecule has 1 fully saturated rings. The van der Waals surface area contributed by atoms with Crippen LogP contribution in [0.4, 0.5) is 11.6 Å². The van der Waals surface area contributed by atoms with Gasteiger partial charge in [0.2, 0.25) is 11.8 Å². The Morgan fingerprint density at radius 2 is 2.19 bits per heavy atom. The third-order valence-electron chi connectivity index (χ3n) is 4.73. The van der Waals surface area contributed by atoms with Crippen LogP contribution in [0, 0.1) is 12.8 Å². The smallest absolute Gasteiger partial charge is 0.262 e. The molecule has 6 heteroatoms. The Bertz CT molecular complexity index is 794. The minimum Gasteiger partial charge on any atom is -0.467 e. The molecule has 1 amide bonds. The Balaban J connectivity index is 1.60. The number of hydrogen-bond acceptors (Lipinski definition) is 5. The number of nitrogens with one attached hydrogen (secondary N) is 1. The number of benzene rings is 1. The summed E-state index contributed by atoms with van der Waals surface area (Å²) in [6, 6.07) is 9.60. The summed E-state index contributed by atoms with van der Waals surface area (Å²) in [7, 11) is 0. The van der Waals surface area contributed by atoms with Gasteiger partial charge in [-0.1, -0.05) is 26.0 Å². The van der Waals surface area contributed by atoms with E-state index in [1.165, 1.54) is 12.0 Å². The second-order valence-electron chi connectivity index (χ2n) is 7.23. The number of piperidine rings is 1. The minimum absolute atomic E-state index is 0.0807. The van der Waals surface area contributed by atoms with Gasteiger partial charge in [0.1, 0.15) is 0 Å². The maximum atomic E-state index is 12.2. The topological polar surface area (TPSA) is 67.3 Å². The molecule has 2 aromatic rings. The van der Waals surface area contributed by atoms with Crippen molar-refractivity contribution in [3.63, 3.8) is 0 Å². The number of aryl methyl sites for hydroxylation is 2. The molecular weight excluding hydrogens is 340 g/mol. The molecule has 144 valence electrons. The number of carbonyl (C=O) groups excluding carboxylic acids is 1. The molecule has 1 aliphatic rings. The normalized spacial score (nSPS) is 16.9. The van der Waals surface area contributed by atoms with Crippen LogP contribution in [0.25, 0.3) is 0 Å². The summed E-state index contributed by atoms with van der Waals surface area (Å²) >= 11 is 0. The van der Waals surface area contributed by atoms with Gasteiger partial charge >= 0.3 is 0 Å². The third kappa shape index (κ3) is 5.42. The van der Waals surface area contributed by atoms with Gasteiger partial charge in [0.15, 0.2) is 6.61 Å². The summed E-state index contributed by atoms with van der Waals surface area (Å²) in [6.07, 6.45) is 3.32. The van der Waals surface area contributed by atoms with Gasteiger partial charge in [-0.15, -0.1) is 0 Å². The van der Waals surface area contributed by atoms with Crippen LogP contribution in [-0.2, 0) is 11.2 Å². The Labute approximate surface area is 161 Å². The van der Waals surface area contributed by atoms with E-state index in [1.54, 1.807) is 6.07 Å². The summed E-state index contributed by atoms with van der Waals surface area (Å²) in [5.41, 5.74) is 2.80. The van der Waals surface area contributed by atoms with E-state index in [4.69, 9.17) is 4.74 Å². The lowest BCUT2D eigenvalue weighted by Crippen LogP contribution is -2.35. The number of hydrogen-bond donors (Lipinski definition) is 1. The maximum Gasteiger partial charge on any atom is 0.262 e. The van der Waals surface area contributed by atoms with E-state index in [0.717, 1.165) is 37.3 Å². The zero-order chi connectivity index (χ0) is 19.2. The fourth-order valence-electron chi connectivity index (χ4n) is 3.32. The first kappa shape index (κ1) is 19.1. The van der Waals surface area contributed by atoms with Gasteiger partial charge in [0.05, 0.1) is 0 Å². The van der Waals surface area contributed by atoms with Crippen molar-refractivity contribution in [1.29, 1.82) is 0 Å². The molecule has 0 bridgehead atoms. The monoisotopic (exact) mass is 368 g/mol. The minimum atomic E-state index is -0.201. The first-order valence-electron chi connectivity index (χ1n) is 9.65. The molecule has 0 radical (unpaired) electrons. The quantitative estimate of drug-likeness (QED) is 0.844. The number of nitrogens with zero attached hydrogens (tertiary/aromatic N) is 3. The summed E-state index contributed by atoms with van der Waals surface area (Å²) in [4.78, 5) is 23.5. The van der Waals surface area contributed by atoms with Gasteiger partial charge in [-0.25, -0.2) is 4.98 Å². The molecular formula is C21H28N4O2. The molecule has 3 rings (SSSR count). The van der Waals surface area contributed by atoms with E-state index in [1.807, 2.05) is 31.2 Å². The van der Waals surface area contributed by atoms with Crippen LogP contribution in [0.1, 0.15) is 37.9 Å². The van der Waals surface area contributed by atoms with Crippen molar-refractivity contribution in [3.8, 4) is 5.88 Å². The SMILES string of the molecule is CCc1cccc(NC(=O)COc2cc(C)nc(N3CCCC(C)C3)n2)c1. The summed E-state index contributed by atoms with van der Waals surface area (Å²) < 4.78 is 5.65. The average molecular weight is 368 g/mol. The summed E-state index contributed by atoms with van der Waals surface area (Å²) in [5.74, 6) is 1.56. The van der Waals surface area contributed by atoms with E-state index < -0.39 is 0 Å². The Hall–Kier alpha value is -2.63. The largest absolute Gasteiger partial charge is 0.467 e. The number of ether oxygens (including phenoxy) is 1. The van der Waals surface area contributed by atoms with Crippen LogP contribution < -0.4 is 15.0 Å². The van der Waals surface area contributed by atoms with Crippen molar-refractivity contribution in [2.75, 3.05) is 29.9 Å². The van der Waals surface area contributed by atoms with Gasteiger partial charge in [0, 0.05) is 30.5 Å². The molecule has 1 aromatic carbocycles. The Morgan fingerprint density at radius 3 is 2.96 bits per heavy atom. The number of amides is 1. The molecule has 1 aromatic heterocycles. The number of aromatic nitrogens is 2. The maximum absolute atomic E-state index is 12.2. The highest BCUT2D eigenvalue weighted by molar-refractivity contribution is 5.91. The zero-order valence-corrected chi connectivity index (χ0v) is 16.4. The van der Waals surface area contributed by atoms with Crippen LogP contribution in [0.2, 0.25) is 0 Å². The fourth-order valence-corrected chi connectivity index (χ4v) is 3.32. The van der Waals surface area contributed by atoms with Crippen LogP contribution >= 0.6 is 0 Å². The molecule has 1 saturated heterocycles. The Kier molecular flexibility index (Phi) is 6.27. The zero-order valence-electron chi connectivity index (χ0n) is 16.4. The van der Waals surface area contributed by atoms with Crippen molar-refractivity contribution in [3.05, 3.63) is 41.6 Å². The van der Waals surface area contributed by atoms with Crippen molar-refractivity contribution in [1.82, 2.24) is 9.97 Å². The predicted octanol–water partition coefficient (Wildman–Crippen LogP) is 3.60. The van der Waals surface area contributed by atoms with Crippen molar-refractivity contribution >= 4 is 17.5 Å². The molecule has 0 spiro atoms. The van der Waals surface area contributed by atoms with Crippen molar-refractivity contribution < 1.29 is 9.53 Å². The van der Waals surface area contributed by atoms with E-state index >= 15 is 0 Å². The molecule has 6 nitrogen and oxygen atoms in total. The molecule has 27 heavy (non-hydrogen) atoms. The lowest BCUT2D eigenvalue weighted by molar-refractivity contribution is -0.118. The highest BCUT2D eigenvalue weighted by Gasteiger charge is 2.19. The van der Waals surface area contributed by atoms with Gasteiger partial charge in [-0.2, -0.15) is 4.98 Å². The molecule has 0 aliphatic carbocycles. The standard InChI is InChI=1S/C21H28N4O2/c1-4-17-8-5-9-18(12-17)23-19(26)14-27-20-11-16(3)22-21(24-20)25-10-6-7-15(2)13-25/h5,8-9,11-12,15H,4,6-7,10,13-14H2,1-3H3,(H,23,26). The number of anilines is 2. The van der Waals surface area contributed by atoms with Gasteiger partial charge in [-0.05, 0) is 49.8 Å². The number of carbonyl (C=O) groups is 1. The molecule has 2 heterocycles. The second kappa shape index (κ2) is 8.84. The van der Waals surface area contributed by atoms with Crippen LogP contribution in [0.3, 0.4) is 0 Å². The molecule has 1 atom stereocenters. The van der Waals surface area contributed by atoms with Crippen LogP contribution in [0.15, 0.2) is 30.3 Å². The van der Waals surface area contributed by atoms with E-state index in [9.17, 15) is 4.79 Å². The van der Waals surface area contributed by atoms with Gasteiger partial charge in [-0.3, -0.25) is 4.79 Å².